The molecule has 0 fully saturated rings. The fourth-order valence-electron chi connectivity index (χ4n) is 3.54. The van der Waals surface area contributed by atoms with E-state index in [1.807, 2.05) is 91.4 Å². The largest absolute Gasteiger partial charge is 0.424 e. The standard InChI is InChI=1S/C33H36N6O3/c1-4-19-34-22-25-7-13-28(14-8-25)40-31-37-32(41-29-15-9-26(10-16-29)23-35-20-5-2)39-33(38-31)42-30-17-11-27(12-18-30)24-36-21-6-3/h7-18,22-24H,4-6,19-21H2,1-3H3. The Morgan fingerprint density at radius 1 is 0.452 bits per heavy atom. The molecule has 0 amide bonds. The molecule has 1 aromatic heterocycles. The second kappa shape index (κ2) is 16.4. The number of nitrogens with zero attached hydrogens (tertiary/aromatic N) is 6. The summed E-state index contributed by atoms with van der Waals surface area (Å²) < 4.78 is 17.9. The zero-order chi connectivity index (χ0) is 29.4. The van der Waals surface area contributed by atoms with Gasteiger partial charge < -0.3 is 14.2 Å². The van der Waals surface area contributed by atoms with Crippen LogP contribution in [0.25, 0.3) is 0 Å². The average Bonchev–Trinajstić information content (AvgIpc) is 3.00. The SMILES string of the molecule is CCCN=Cc1ccc(Oc2nc(Oc3ccc(C=NCCC)cc3)nc(Oc3ccc(C=NCCC)cc3)n2)cc1. The molecule has 0 bridgehead atoms. The highest BCUT2D eigenvalue weighted by Crippen LogP contribution is 2.27. The third-order valence-electron chi connectivity index (χ3n) is 5.62. The van der Waals surface area contributed by atoms with E-state index in [4.69, 9.17) is 14.2 Å². The summed E-state index contributed by atoms with van der Waals surface area (Å²) >= 11 is 0. The van der Waals surface area contributed by atoms with Crippen molar-refractivity contribution in [2.24, 2.45) is 15.0 Å². The van der Waals surface area contributed by atoms with Crippen LogP contribution in [0.4, 0.5) is 0 Å². The van der Waals surface area contributed by atoms with Crippen molar-refractivity contribution in [2.75, 3.05) is 19.6 Å². The van der Waals surface area contributed by atoms with Gasteiger partial charge in [0.1, 0.15) is 17.2 Å². The van der Waals surface area contributed by atoms with Gasteiger partial charge in [-0.05, 0) is 109 Å². The molecular formula is C33H36N6O3. The molecule has 0 radical (unpaired) electrons. The molecule has 0 aliphatic heterocycles. The number of aliphatic imine (C=N–C) groups is 3. The van der Waals surface area contributed by atoms with Crippen LogP contribution in [0.3, 0.4) is 0 Å². The number of aromatic nitrogens is 3. The molecule has 0 unspecified atom stereocenters. The fraction of sp³-hybridized carbons (Fsp3) is 0.273. The summed E-state index contributed by atoms with van der Waals surface area (Å²) in [6.07, 6.45) is 8.53. The summed E-state index contributed by atoms with van der Waals surface area (Å²) in [5.74, 6) is 1.66. The maximum atomic E-state index is 5.96. The Kier molecular flexibility index (Phi) is 11.7. The van der Waals surface area contributed by atoms with E-state index < -0.39 is 0 Å². The van der Waals surface area contributed by atoms with Crippen LogP contribution in [0.2, 0.25) is 0 Å². The molecule has 0 spiro atoms. The molecule has 0 aliphatic carbocycles. The molecule has 9 nitrogen and oxygen atoms in total. The zero-order valence-corrected chi connectivity index (χ0v) is 24.3. The van der Waals surface area contributed by atoms with Crippen molar-refractivity contribution in [3.05, 3.63) is 89.5 Å². The number of ether oxygens (including phenoxy) is 3. The van der Waals surface area contributed by atoms with Gasteiger partial charge in [0.25, 0.3) is 0 Å². The molecule has 0 N–H and O–H groups in total. The summed E-state index contributed by atoms with van der Waals surface area (Å²) in [4.78, 5) is 26.2. The Balaban J connectivity index is 1.54. The summed E-state index contributed by atoms with van der Waals surface area (Å²) in [5, 5.41) is 0. The molecule has 0 aliphatic rings. The van der Waals surface area contributed by atoms with Crippen LogP contribution < -0.4 is 14.2 Å². The Labute approximate surface area is 247 Å². The summed E-state index contributed by atoms with van der Waals surface area (Å²) in [7, 11) is 0. The Morgan fingerprint density at radius 2 is 0.714 bits per heavy atom. The van der Waals surface area contributed by atoms with Gasteiger partial charge in [0.2, 0.25) is 0 Å². The van der Waals surface area contributed by atoms with E-state index in [9.17, 15) is 0 Å². The zero-order valence-electron chi connectivity index (χ0n) is 24.3. The van der Waals surface area contributed by atoms with Gasteiger partial charge in [-0.2, -0.15) is 0 Å². The number of benzene rings is 3. The topological polar surface area (TPSA) is 103 Å². The lowest BCUT2D eigenvalue weighted by Crippen LogP contribution is -2.01. The van der Waals surface area contributed by atoms with Crippen molar-refractivity contribution in [1.29, 1.82) is 0 Å². The minimum Gasteiger partial charge on any atom is -0.424 e. The van der Waals surface area contributed by atoms with Gasteiger partial charge in [-0.25, -0.2) is 0 Å². The lowest BCUT2D eigenvalue weighted by molar-refractivity contribution is 0.362. The molecule has 0 saturated carbocycles. The number of hydrogen-bond acceptors (Lipinski definition) is 9. The Morgan fingerprint density at radius 3 is 0.952 bits per heavy atom. The van der Waals surface area contributed by atoms with Gasteiger partial charge >= 0.3 is 18.0 Å². The van der Waals surface area contributed by atoms with E-state index in [1.165, 1.54) is 0 Å². The monoisotopic (exact) mass is 564 g/mol. The van der Waals surface area contributed by atoms with Crippen LogP contribution in [-0.4, -0.2) is 53.2 Å². The van der Waals surface area contributed by atoms with Crippen LogP contribution >= 0.6 is 0 Å². The lowest BCUT2D eigenvalue weighted by Gasteiger charge is -2.10. The third-order valence-corrected chi connectivity index (χ3v) is 5.62. The van der Waals surface area contributed by atoms with Crippen molar-refractivity contribution in [3.8, 4) is 35.3 Å². The molecule has 1 heterocycles. The maximum absolute atomic E-state index is 5.96. The highest BCUT2D eigenvalue weighted by Gasteiger charge is 2.13. The number of rotatable bonds is 15. The summed E-state index contributed by atoms with van der Waals surface area (Å²) in [5.41, 5.74) is 2.93. The highest BCUT2D eigenvalue weighted by molar-refractivity contribution is 5.80. The van der Waals surface area contributed by atoms with Crippen molar-refractivity contribution in [3.63, 3.8) is 0 Å². The summed E-state index contributed by atoms with van der Waals surface area (Å²) in [6, 6.07) is 22.6. The predicted octanol–water partition coefficient (Wildman–Crippen LogP) is 7.74. The Hall–Kier alpha value is -4.92. The van der Waals surface area contributed by atoms with Crippen LogP contribution in [0.1, 0.15) is 56.7 Å². The van der Waals surface area contributed by atoms with E-state index in [0.717, 1.165) is 55.6 Å². The highest BCUT2D eigenvalue weighted by atomic mass is 16.5. The van der Waals surface area contributed by atoms with E-state index in [1.54, 1.807) is 0 Å². The molecule has 9 heteroatoms. The van der Waals surface area contributed by atoms with Crippen LogP contribution in [0, 0.1) is 0 Å². The second-order valence-electron chi connectivity index (χ2n) is 9.30. The quantitative estimate of drug-likeness (QED) is 0.137. The van der Waals surface area contributed by atoms with Crippen LogP contribution in [0.15, 0.2) is 87.8 Å². The molecular weight excluding hydrogens is 528 g/mol. The molecule has 0 saturated heterocycles. The molecule has 216 valence electrons. The molecule has 4 aromatic rings. The van der Waals surface area contributed by atoms with Crippen molar-refractivity contribution < 1.29 is 14.2 Å². The molecule has 4 rings (SSSR count). The first kappa shape index (κ1) is 30.0. The van der Waals surface area contributed by atoms with Gasteiger partial charge in [-0.3, -0.25) is 15.0 Å². The molecule has 0 atom stereocenters. The van der Waals surface area contributed by atoms with Crippen LogP contribution in [-0.2, 0) is 0 Å². The van der Waals surface area contributed by atoms with Gasteiger partial charge in [0, 0.05) is 38.3 Å². The van der Waals surface area contributed by atoms with Crippen molar-refractivity contribution in [2.45, 2.75) is 40.0 Å². The first-order chi connectivity index (χ1) is 20.6. The third kappa shape index (κ3) is 9.92. The van der Waals surface area contributed by atoms with Crippen LogP contribution in [0.5, 0.6) is 35.3 Å². The van der Waals surface area contributed by atoms with Gasteiger partial charge in [0.15, 0.2) is 0 Å². The lowest BCUT2D eigenvalue weighted by atomic mass is 10.2. The Bertz CT molecular complexity index is 1280. The van der Waals surface area contributed by atoms with Gasteiger partial charge in [-0.15, -0.1) is 15.0 Å². The van der Waals surface area contributed by atoms with E-state index >= 15 is 0 Å². The summed E-state index contributed by atoms with van der Waals surface area (Å²) in [6.45, 7) is 8.65. The molecule has 3 aromatic carbocycles. The van der Waals surface area contributed by atoms with Crippen molar-refractivity contribution >= 4 is 18.6 Å². The normalized spacial score (nSPS) is 11.5. The van der Waals surface area contributed by atoms with Gasteiger partial charge in [-0.1, -0.05) is 20.8 Å². The smallest absolute Gasteiger partial charge is 0.331 e. The first-order valence-electron chi connectivity index (χ1n) is 14.2. The van der Waals surface area contributed by atoms with E-state index in [-0.39, 0.29) is 18.0 Å². The minimum absolute atomic E-state index is 0.0361. The minimum atomic E-state index is 0.0361. The molecule has 42 heavy (non-hydrogen) atoms. The maximum Gasteiger partial charge on any atom is 0.331 e. The van der Waals surface area contributed by atoms with Gasteiger partial charge in [0.05, 0.1) is 0 Å². The van der Waals surface area contributed by atoms with E-state index in [0.29, 0.717) is 17.2 Å². The fourth-order valence-corrected chi connectivity index (χ4v) is 3.54. The van der Waals surface area contributed by atoms with Crippen molar-refractivity contribution in [1.82, 2.24) is 15.0 Å². The first-order valence-corrected chi connectivity index (χ1v) is 14.2. The number of hydrogen-bond donors (Lipinski definition) is 0. The van der Waals surface area contributed by atoms with E-state index in [2.05, 4.69) is 50.7 Å². The second-order valence-corrected chi connectivity index (χ2v) is 9.30. The predicted molar refractivity (Wildman–Crippen MR) is 168 cm³/mol. The average molecular weight is 565 g/mol.